The Morgan fingerprint density at radius 1 is 0.966 bits per heavy atom. The summed E-state index contributed by atoms with van der Waals surface area (Å²) in [5, 5.41) is 0. The molecule has 0 spiro atoms. The molecule has 0 radical (unpaired) electrons. The van der Waals surface area contributed by atoms with Crippen molar-refractivity contribution >= 4 is 27.7 Å². The van der Waals surface area contributed by atoms with Crippen LogP contribution in [0.2, 0.25) is 0 Å². The Labute approximate surface area is 173 Å². The fourth-order valence-electron chi connectivity index (χ4n) is 3.12. The Bertz CT molecular complexity index is 987. The molecule has 1 aliphatic heterocycles. The van der Waals surface area contributed by atoms with E-state index in [1.807, 2.05) is 13.8 Å². The third-order valence-corrected chi connectivity index (χ3v) is 7.59. The summed E-state index contributed by atoms with van der Waals surface area (Å²) < 4.78 is 52.0. The van der Waals surface area contributed by atoms with Crippen LogP contribution in [0.3, 0.4) is 0 Å². The van der Waals surface area contributed by atoms with E-state index in [1.165, 1.54) is 28.6 Å². The molecule has 3 rings (SSSR count). The molecular weight excluding hydrogens is 418 g/mol. The van der Waals surface area contributed by atoms with Crippen LogP contribution in [0.4, 0.5) is 8.78 Å². The van der Waals surface area contributed by atoms with Crippen molar-refractivity contribution in [1.82, 2.24) is 9.21 Å². The molecule has 5 nitrogen and oxygen atoms in total. The van der Waals surface area contributed by atoms with E-state index in [-0.39, 0.29) is 37.0 Å². The predicted octanol–water partition coefficient (Wildman–Crippen LogP) is 3.76. The summed E-state index contributed by atoms with van der Waals surface area (Å²) in [6.45, 7) is 4.76. The van der Waals surface area contributed by atoms with E-state index in [9.17, 15) is 22.0 Å². The molecule has 0 N–H and O–H groups in total. The van der Waals surface area contributed by atoms with Crippen LogP contribution in [0.1, 0.15) is 21.5 Å². The van der Waals surface area contributed by atoms with Crippen LogP contribution in [0.25, 0.3) is 0 Å². The minimum Gasteiger partial charge on any atom is -0.336 e. The van der Waals surface area contributed by atoms with Gasteiger partial charge in [-0.25, -0.2) is 8.42 Å². The number of carbonyl (C=O) groups is 1. The second-order valence-corrected chi connectivity index (χ2v) is 9.85. The number of aryl methyl sites for hydroxylation is 2. The maximum atomic E-state index is 12.9. The molecule has 1 amide bonds. The molecule has 0 unspecified atom stereocenters. The molecule has 0 aromatic heterocycles. The van der Waals surface area contributed by atoms with Crippen LogP contribution >= 0.6 is 11.8 Å². The van der Waals surface area contributed by atoms with Gasteiger partial charge in [-0.15, -0.1) is 0 Å². The molecule has 0 atom stereocenters. The fraction of sp³-hybridized carbons (Fsp3) is 0.350. The number of hydrogen-bond donors (Lipinski definition) is 0. The average molecular weight is 441 g/mol. The molecule has 0 aliphatic carbocycles. The molecule has 0 bridgehead atoms. The molecule has 1 fully saturated rings. The van der Waals surface area contributed by atoms with Crippen molar-refractivity contribution in [3.8, 4) is 0 Å². The molecular formula is C20H22F2N2O3S2. The number of alkyl halides is 2. The van der Waals surface area contributed by atoms with Crippen molar-refractivity contribution in [2.75, 3.05) is 26.2 Å². The van der Waals surface area contributed by atoms with Gasteiger partial charge < -0.3 is 4.90 Å². The first kappa shape index (κ1) is 21.7. The highest BCUT2D eigenvalue weighted by atomic mass is 32.2. The highest BCUT2D eigenvalue weighted by Crippen LogP contribution is 2.26. The number of halogens is 2. The Kier molecular flexibility index (Phi) is 6.60. The zero-order chi connectivity index (χ0) is 21.2. The van der Waals surface area contributed by atoms with Crippen LogP contribution in [0.15, 0.2) is 52.3 Å². The van der Waals surface area contributed by atoms with Gasteiger partial charge in [0.05, 0.1) is 4.90 Å². The van der Waals surface area contributed by atoms with Gasteiger partial charge in [-0.2, -0.15) is 13.1 Å². The number of amides is 1. The first-order valence-electron chi connectivity index (χ1n) is 9.10. The Morgan fingerprint density at radius 3 is 2.14 bits per heavy atom. The van der Waals surface area contributed by atoms with Gasteiger partial charge >= 0.3 is 0 Å². The van der Waals surface area contributed by atoms with Gasteiger partial charge in [0.15, 0.2) is 0 Å². The van der Waals surface area contributed by atoms with Crippen LogP contribution < -0.4 is 0 Å². The standard InChI is InChI=1S/C20H22F2N2O3S2/c1-14-3-8-18(13-15(14)2)29(26,27)24-11-9-23(10-12-24)19(25)16-4-6-17(7-5-16)28-20(21)22/h3-8,13,20H,9-12H2,1-2H3. The van der Waals surface area contributed by atoms with E-state index in [1.54, 1.807) is 23.1 Å². The zero-order valence-electron chi connectivity index (χ0n) is 16.1. The topological polar surface area (TPSA) is 57.7 Å². The van der Waals surface area contributed by atoms with E-state index in [2.05, 4.69) is 0 Å². The van der Waals surface area contributed by atoms with Crippen LogP contribution in [0.5, 0.6) is 0 Å². The molecule has 1 saturated heterocycles. The summed E-state index contributed by atoms with van der Waals surface area (Å²) >= 11 is 0.426. The lowest BCUT2D eigenvalue weighted by molar-refractivity contribution is 0.0698. The highest BCUT2D eigenvalue weighted by molar-refractivity contribution is 7.99. The number of benzene rings is 2. The van der Waals surface area contributed by atoms with Crippen molar-refractivity contribution in [3.05, 3.63) is 59.2 Å². The summed E-state index contributed by atoms with van der Waals surface area (Å²) in [6, 6.07) is 11.1. The summed E-state index contributed by atoms with van der Waals surface area (Å²) in [5.74, 6) is -2.74. The van der Waals surface area contributed by atoms with Crippen molar-refractivity contribution in [2.24, 2.45) is 0 Å². The van der Waals surface area contributed by atoms with Crippen molar-refractivity contribution in [2.45, 2.75) is 29.4 Å². The van der Waals surface area contributed by atoms with E-state index >= 15 is 0 Å². The Hall–Kier alpha value is -1.97. The van der Waals surface area contributed by atoms with Gasteiger partial charge in [-0.05, 0) is 61.4 Å². The van der Waals surface area contributed by atoms with E-state index < -0.39 is 15.8 Å². The minimum absolute atomic E-state index is 0.209. The SMILES string of the molecule is Cc1ccc(S(=O)(=O)N2CCN(C(=O)c3ccc(SC(F)F)cc3)CC2)cc1C. The van der Waals surface area contributed by atoms with Gasteiger partial charge in [0, 0.05) is 36.6 Å². The number of carbonyl (C=O) groups excluding carboxylic acids is 1. The van der Waals surface area contributed by atoms with Gasteiger partial charge in [0.1, 0.15) is 0 Å². The first-order valence-corrected chi connectivity index (χ1v) is 11.4. The third-order valence-electron chi connectivity index (χ3n) is 4.97. The van der Waals surface area contributed by atoms with E-state index in [4.69, 9.17) is 0 Å². The Morgan fingerprint density at radius 2 is 1.59 bits per heavy atom. The number of hydrogen-bond acceptors (Lipinski definition) is 4. The quantitative estimate of drug-likeness (QED) is 0.665. The maximum Gasteiger partial charge on any atom is 0.288 e. The normalized spacial score (nSPS) is 15.7. The largest absolute Gasteiger partial charge is 0.336 e. The Balaban J connectivity index is 1.65. The molecule has 29 heavy (non-hydrogen) atoms. The molecule has 2 aromatic carbocycles. The lowest BCUT2D eigenvalue weighted by atomic mass is 10.1. The first-order chi connectivity index (χ1) is 13.7. The number of thioether (sulfide) groups is 1. The van der Waals surface area contributed by atoms with Crippen LogP contribution in [-0.2, 0) is 10.0 Å². The van der Waals surface area contributed by atoms with Crippen LogP contribution in [0, 0.1) is 13.8 Å². The molecule has 1 aliphatic rings. The number of piperazine rings is 1. The summed E-state index contributed by atoms with van der Waals surface area (Å²) in [7, 11) is -3.61. The van der Waals surface area contributed by atoms with Gasteiger partial charge in [0.2, 0.25) is 10.0 Å². The molecule has 156 valence electrons. The monoisotopic (exact) mass is 440 g/mol. The van der Waals surface area contributed by atoms with Gasteiger partial charge in [-0.1, -0.05) is 17.8 Å². The summed E-state index contributed by atoms with van der Waals surface area (Å²) in [5.41, 5.74) is 2.33. The number of sulfonamides is 1. The minimum atomic E-state index is -3.61. The van der Waals surface area contributed by atoms with Crippen molar-refractivity contribution < 1.29 is 22.0 Å². The van der Waals surface area contributed by atoms with E-state index in [0.29, 0.717) is 22.2 Å². The molecule has 1 heterocycles. The predicted molar refractivity (Wildman–Crippen MR) is 109 cm³/mol. The second-order valence-electron chi connectivity index (χ2n) is 6.85. The van der Waals surface area contributed by atoms with Crippen molar-refractivity contribution in [1.29, 1.82) is 0 Å². The lowest BCUT2D eigenvalue weighted by Crippen LogP contribution is -2.50. The number of rotatable bonds is 5. The fourth-order valence-corrected chi connectivity index (χ4v) is 5.12. The third kappa shape index (κ3) is 4.96. The average Bonchev–Trinajstić information content (AvgIpc) is 2.69. The zero-order valence-corrected chi connectivity index (χ0v) is 17.8. The summed E-state index contributed by atoms with van der Waals surface area (Å²) in [6.07, 6.45) is 0. The highest BCUT2D eigenvalue weighted by Gasteiger charge is 2.30. The van der Waals surface area contributed by atoms with E-state index in [0.717, 1.165) is 11.1 Å². The van der Waals surface area contributed by atoms with Gasteiger partial charge in [0.25, 0.3) is 11.7 Å². The van der Waals surface area contributed by atoms with Crippen molar-refractivity contribution in [3.63, 3.8) is 0 Å². The summed E-state index contributed by atoms with van der Waals surface area (Å²) in [4.78, 5) is 14.9. The lowest BCUT2D eigenvalue weighted by Gasteiger charge is -2.34. The second kappa shape index (κ2) is 8.81. The molecule has 9 heteroatoms. The number of nitrogens with zero attached hydrogens (tertiary/aromatic N) is 2. The van der Waals surface area contributed by atoms with Gasteiger partial charge in [-0.3, -0.25) is 4.79 Å². The maximum absolute atomic E-state index is 12.9. The smallest absolute Gasteiger partial charge is 0.288 e. The molecule has 2 aromatic rings. The molecule has 0 saturated carbocycles. The van der Waals surface area contributed by atoms with Crippen LogP contribution in [-0.4, -0.2) is 55.5 Å².